The summed E-state index contributed by atoms with van der Waals surface area (Å²) < 4.78 is 1.22. The number of nitrogens with one attached hydrogen (secondary N) is 2. The van der Waals surface area contributed by atoms with Gasteiger partial charge >= 0.3 is 0 Å². The second kappa shape index (κ2) is 8.31. The molecule has 2 N–H and O–H groups in total. The van der Waals surface area contributed by atoms with Crippen molar-refractivity contribution < 1.29 is 0 Å². The van der Waals surface area contributed by atoms with Gasteiger partial charge in [-0.1, -0.05) is 32.0 Å². The van der Waals surface area contributed by atoms with E-state index in [1.165, 1.54) is 15.8 Å². The lowest BCUT2D eigenvalue weighted by Gasteiger charge is -2.12. The lowest BCUT2D eigenvalue weighted by atomic mass is 10.0. The van der Waals surface area contributed by atoms with E-state index >= 15 is 0 Å². The van der Waals surface area contributed by atoms with Crippen LogP contribution in [0, 0.1) is 6.92 Å². The van der Waals surface area contributed by atoms with Crippen molar-refractivity contribution in [1.82, 2.24) is 4.98 Å². The van der Waals surface area contributed by atoms with E-state index < -0.39 is 0 Å². The Morgan fingerprint density at radius 2 is 1.52 bits per heavy atom. The molecule has 5 heteroatoms. The molecule has 0 aliphatic rings. The van der Waals surface area contributed by atoms with E-state index in [1.807, 2.05) is 12.1 Å². The molecule has 0 saturated heterocycles. The fraction of sp³-hybridized carbons (Fsp3) is 0.167. The van der Waals surface area contributed by atoms with Gasteiger partial charge < -0.3 is 10.6 Å². The second-order valence-electron chi connectivity index (χ2n) is 7.42. The van der Waals surface area contributed by atoms with Gasteiger partial charge in [0.25, 0.3) is 0 Å². The molecule has 0 spiro atoms. The third-order valence-electron chi connectivity index (χ3n) is 4.77. The molecule has 0 aliphatic carbocycles. The van der Waals surface area contributed by atoms with E-state index in [2.05, 4.69) is 86.0 Å². The van der Waals surface area contributed by atoms with Crippen molar-refractivity contribution in [2.45, 2.75) is 26.7 Å². The maximum Gasteiger partial charge on any atom is 0.175 e. The highest BCUT2D eigenvalue weighted by Gasteiger charge is 2.07. The molecule has 1 heterocycles. The molecule has 0 atom stereocenters. The Morgan fingerprint density at radius 1 is 0.897 bits per heavy atom. The predicted octanol–water partition coefficient (Wildman–Crippen LogP) is 7.20. The van der Waals surface area contributed by atoms with Gasteiger partial charge in [0, 0.05) is 16.9 Å². The summed E-state index contributed by atoms with van der Waals surface area (Å²) >= 11 is 7.17. The van der Waals surface area contributed by atoms with Gasteiger partial charge in [-0.3, -0.25) is 0 Å². The standard InChI is InChI=1S/C24H23N3S2/c1-15(2)17-5-9-19(10-6-17)25-24(28)26-20-11-7-18(8-12-20)23-27-21-13-4-16(3)14-22(21)29-23/h4-15H,1-3H3,(H2,25,26,28). The van der Waals surface area contributed by atoms with Crippen LogP contribution >= 0.6 is 23.6 Å². The van der Waals surface area contributed by atoms with Crippen LogP contribution in [0.2, 0.25) is 0 Å². The smallest absolute Gasteiger partial charge is 0.175 e. The normalized spacial score (nSPS) is 11.0. The van der Waals surface area contributed by atoms with Gasteiger partial charge in [-0.15, -0.1) is 11.3 Å². The van der Waals surface area contributed by atoms with Crippen molar-refractivity contribution in [2.75, 3.05) is 10.6 Å². The zero-order chi connectivity index (χ0) is 20.4. The number of aromatic nitrogens is 1. The Balaban J connectivity index is 1.42. The molecule has 0 aliphatic heterocycles. The van der Waals surface area contributed by atoms with Crippen molar-refractivity contribution in [3.8, 4) is 10.6 Å². The minimum atomic E-state index is 0.520. The largest absolute Gasteiger partial charge is 0.332 e. The van der Waals surface area contributed by atoms with Crippen LogP contribution in [0.15, 0.2) is 66.7 Å². The summed E-state index contributed by atoms with van der Waals surface area (Å²) in [6.07, 6.45) is 0. The lowest BCUT2D eigenvalue weighted by molar-refractivity contribution is 0.867. The molecule has 0 unspecified atom stereocenters. The number of nitrogens with zero attached hydrogens (tertiary/aromatic N) is 1. The van der Waals surface area contributed by atoms with Crippen LogP contribution in [0.3, 0.4) is 0 Å². The van der Waals surface area contributed by atoms with Crippen LogP contribution in [0.25, 0.3) is 20.8 Å². The zero-order valence-corrected chi connectivity index (χ0v) is 18.3. The average Bonchev–Trinajstić information content (AvgIpc) is 3.12. The predicted molar refractivity (Wildman–Crippen MR) is 130 cm³/mol. The minimum absolute atomic E-state index is 0.520. The quantitative estimate of drug-likeness (QED) is 0.344. The van der Waals surface area contributed by atoms with Gasteiger partial charge in [-0.25, -0.2) is 4.98 Å². The first-order valence-electron chi connectivity index (χ1n) is 9.63. The number of anilines is 2. The Labute approximate surface area is 180 Å². The molecule has 3 aromatic carbocycles. The van der Waals surface area contributed by atoms with Crippen LogP contribution in [-0.2, 0) is 0 Å². The van der Waals surface area contributed by atoms with E-state index in [9.17, 15) is 0 Å². The molecule has 3 nitrogen and oxygen atoms in total. The molecule has 0 bridgehead atoms. The topological polar surface area (TPSA) is 37.0 Å². The van der Waals surface area contributed by atoms with E-state index in [1.54, 1.807) is 11.3 Å². The van der Waals surface area contributed by atoms with Gasteiger partial charge in [0.05, 0.1) is 10.2 Å². The number of hydrogen-bond donors (Lipinski definition) is 2. The molecule has 0 fully saturated rings. The number of fused-ring (bicyclic) bond motifs is 1. The number of hydrogen-bond acceptors (Lipinski definition) is 3. The molecular formula is C24H23N3S2. The van der Waals surface area contributed by atoms with Crippen LogP contribution in [0.4, 0.5) is 11.4 Å². The molecule has 4 aromatic rings. The van der Waals surface area contributed by atoms with Crippen molar-refractivity contribution in [3.05, 3.63) is 77.9 Å². The lowest BCUT2D eigenvalue weighted by Crippen LogP contribution is -2.18. The summed E-state index contributed by atoms with van der Waals surface area (Å²) in [5, 5.41) is 8.08. The highest BCUT2D eigenvalue weighted by molar-refractivity contribution is 7.80. The number of aryl methyl sites for hydroxylation is 1. The highest BCUT2D eigenvalue weighted by atomic mass is 32.1. The molecule has 0 radical (unpaired) electrons. The van der Waals surface area contributed by atoms with E-state index in [0.717, 1.165) is 27.5 Å². The highest BCUT2D eigenvalue weighted by Crippen LogP contribution is 2.31. The van der Waals surface area contributed by atoms with Gasteiger partial charge in [-0.05, 0) is 84.7 Å². The van der Waals surface area contributed by atoms with Crippen LogP contribution in [0.5, 0.6) is 0 Å². The van der Waals surface area contributed by atoms with Crippen LogP contribution in [0.1, 0.15) is 30.9 Å². The van der Waals surface area contributed by atoms with E-state index in [0.29, 0.717) is 11.0 Å². The van der Waals surface area contributed by atoms with E-state index in [-0.39, 0.29) is 0 Å². The van der Waals surface area contributed by atoms with Crippen molar-refractivity contribution in [1.29, 1.82) is 0 Å². The number of benzene rings is 3. The van der Waals surface area contributed by atoms with E-state index in [4.69, 9.17) is 17.2 Å². The van der Waals surface area contributed by atoms with Gasteiger partial charge in [-0.2, -0.15) is 0 Å². The van der Waals surface area contributed by atoms with Crippen molar-refractivity contribution in [2.24, 2.45) is 0 Å². The summed E-state index contributed by atoms with van der Waals surface area (Å²) in [5.41, 5.74) is 6.65. The maximum absolute atomic E-state index is 5.45. The molecule has 146 valence electrons. The molecule has 29 heavy (non-hydrogen) atoms. The first-order valence-corrected chi connectivity index (χ1v) is 10.9. The third-order valence-corrected chi connectivity index (χ3v) is 6.04. The van der Waals surface area contributed by atoms with Crippen LogP contribution in [-0.4, -0.2) is 10.1 Å². The van der Waals surface area contributed by atoms with Crippen molar-refractivity contribution in [3.63, 3.8) is 0 Å². The fourth-order valence-corrected chi connectivity index (χ4v) is 4.40. The van der Waals surface area contributed by atoms with Gasteiger partial charge in [0.15, 0.2) is 5.11 Å². The SMILES string of the molecule is Cc1ccc2nc(-c3ccc(NC(=S)Nc4ccc(C(C)C)cc4)cc3)sc2c1. The molecule has 0 saturated carbocycles. The Kier molecular flexibility index (Phi) is 5.60. The average molecular weight is 418 g/mol. The fourth-order valence-electron chi connectivity index (χ4n) is 3.10. The number of rotatable bonds is 4. The summed E-state index contributed by atoms with van der Waals surface area (Å²) in [4.78, 5) is 4.75. The first-order chi connectivity index (χ1) is 14.0. The Hall–Kier alpha value is -2.76. The Morgan fingerprint density at radius 3 is 2.14 bits per heavy atom. The number of thiazole rings is 1. The zero-order valence-electron chi connectivity index (χ0n) is 16.7. The summed E-state index contributed by atoms with van der Waals surface area (Å²) in [6.45, 7) is 6.48. The first kappa shape index (κ1) is 19.6. The molecule has 1 aromatic heterocycles. The Bertz CT molecular complexity index is 1140. The van der Waals surface area contributed by atoms with Crippen molar-refractivity contribution >= 4 is 50.3 Å². The third kappa shape index (κ3) is 4.63. The monoisotopic (exact) mass is 417 g/mol. The molecule has 0 amide bonds. The summed E-state index contributed by atoms with van der Waals surface area (Å²) in [5.74, 6) is 0.520. The van der Waals surface area contributed by atoms with Gasteiger partial charge in [0.1, 0.15) is 5.01 Å². The molecular weight excluding hydrogens is 394 g/mol. The number of thiocarbonyl (C=S) groups is 1. The minimum Gasteiger partial charge on any atom is -0.332 e. The maximum atomic E-state index is 5.45. The summed E-state index contributed by atoms with van der Waals surface area (Å²) in [6, 6.07) is 23.0. The summed E-state index contributed by atoms with van der Waals surface area (Å²) in [7, 11) is 0. The van der Waals surface area contributed by atoms with Crippen LogP contribution < -0.4 is 10.6 Å². The van der Waals surface area contributed by atoms with Gasteiger partial charge in [0.2, 0.25) is 0 Å². The molecule has 4 rings (SSSR count). The second-order valence-corrected chi connectivity index (χ2v) is 8.86.